The van der Waals surface area contributed by atoms with Crippen molar-refractivity contribution in [2.45, 2.75) is 18.8 Å². The van der Waals surface area contributed by atoms with E-state index in [1.54, 1.807) is 18.2 Å². The van der Waals surface area contributed by atoms with Gasteiger partial charge in [0.2, 0.25) is 0 Å². The molecule has 0 aliphatic carbocycles. The number of fused-ring (bicyclic) bond motifs is 2. The number of alkyl halides is 2. The van der Waals surface area contributed by atoms with Gasteiger partial charge >= 0.3 is 0 Å². The Balaban J connectivity index is 1.42. The smallest absolute Gasteiger partial charge is 0.254 e. The quantitative estimate of drug-likeness (QED) is 0.491. The number of H-pyrrole nitrogens is 1. The number of nitrogens with zero attached hydrogens (tertiary/aromatic N) is 3. The number of aromatic nitrogens is 3. The average molecular weight is 425 g/mol. The molecule has 1 amide bonds. The highest BCUT2D eigenvalue weighted by Gasteiger charge is 2.36. The van der Waals surface area contributed by atoms with Crippen LogP contribution in [-0.2, 0) is 0 Å². The molecular weight excluding hydrogens is 407 g/mol. The number of carbonyl (C=O) groups excluding carboxylic acids is 1. The molecular formula is C22H18F3N5O. The van der Waals surface area contributed by atoms with E-state index in [-0.39, 0.29) is 31.8 Å². The lowest BCUT2D eigenvalue weighted by Crippen LogP contribution is -2.42. The summed E-state index contributed by atoms with van der Waals surface area (Å²) in [5.41, 5.74) is 2.18. The van der Waals surface area contributed by atoms with Crippen molar-refractivity contribution in [1.29, 1.82) is 0 Å². The number of anilines is 2. The number of likely N-dealkylation sites (tertiary alicyclic amines) is 1. The Bertz CT molecular complexity index is 1290. The average Bonchev–Trinajstić information content (AvgIpc) is 3.14. The summed E-state index contributed by atoms with van der Waals surface area (Å²) < 4.78 is 40.2. The normalized spacial score (nSPS) is 16.0. The van der Waals surface area contributed by atoms with Gasteiger partial charge in [0.25, 0.3) is 11.8 Å². The fraction of sp³-hybridized carbons (Fsp3) is 0.227. The van der Waals surface area contributed by atoms with Crippen molar-refractivity contribution in [3.8, 4) is 0 Å². The molecule has 0 spiro atoms. The van der Waals surface area contributed by atoms with Crippen molar-refractivity contribution in [1.82, 2.24) is 20.1 Å². The van der Waals surface area contributed by atoms with E-state index in [4.69, 9.17) is 0 Å². The van der Waals surface area contributed by atoms with Crippen LogP contribution in [0.3, 0.4) is 0 Å². The van der Waals surface area contributed by atoms with Gasteiger partial charge in [-0.2, -0.15) is 5.10 Å². The van der Waals surface area contributed by atoms with Crippen molar-refractivity contribution < 1.29 is 18.0 Å². The van der Waals surface area contributed by atoms with Crippen LogP contribution >= 0.6 is 0 Å². The monoisotopic (exact) mass is 425 g/mol. The Labute approximate surface area is 175 Å². The van der Waals surface area contributed by atoms with Crippen molar-refractivity contribution in [2.75, 3.05) is 18.4 Å². The first-order chi connectivity index (χ1) is 14.9. The summed E-state index contributed by atoms with van der Waals surface area (Å²) in [5.74, 6) is -2.95. The molecule has 0 saturated carbocycles. The largest absolute Gasteiger partial charge is 0.338 e. The van der Waals surface area contributed by atoms with Crippen LogP contribution in [0.2, 0.25) is 0 Å². The molecule has 2 N–H and O–H groups in total. The summed E-state index contributed by atoms with van der Waals surface area (Å²) >= 11 is 0. The molecule has 0 bridgehead atoms. The number of amides is 1. The van der Waals surface area contributed by atoms with Crippen LogP contribution in [0.5, 0.6) is 0 Å². The molecule has 1 aliphatic rings. The van der Waals surface area contributed by atoms with Crippen molar-refractivity contribution in [2.24, 2.45) is 0 Å². The van der Waals surface area contributed by atoms with Crippen LogP contribution in [0.15, 0.2) is 48.7 Å². The summed E-state index contributed by atoms with van der Waals surface area (Å²) in [6, 6.07) is 12.1. The topological polar surface area (TPSA) is 73.9 Å². The van der Waals surface area contributed by atoms with Crippen molar-refractivity contribution in [3.63, 3.8) is 0 Å². The van der Waals surface area contributed by atoms with E-state index in [0.717, 1.165) is 17.0 Å². The van der Waals surface area contributed by atoms with Crippen LogP contribution in [0, 0.1) is 5.82 Å². The number of hydrogen-bond acceptors (Lipinski definition) is 4. The fourth-order valence-corrected chi connectivity index (χ4v) is 3.86. The molecule has 2 aromatic heterocycles. The molecule has 5 rings (SSSR count). The van der Waals surface area contributed by atoms with Gasteiger partial charge in [-0.1, -0.05) is 18.2 Å². The van der Waals surface area contributed by atoms with Crippen LogP contribution < -0.4 is 5.32 Å². The molecule has 1 aliphatic heterocycles. The summed E-state index contributed by atoms with van der Waals surface area (Å²) in [6.07, 6.45) is 0.498. The van der Waals surface area contributed by atoms with Crippen LogP contribution in [0.4, 0.5) is 24.7 Å². The van der Waals surface area contributed by atoms with Crippen LogP contribution in [-0.4, -0.2) is 45.0 Å². The lowest BCUT2D eigenvalue weighted by molar-refractivity contribution is -0.0493. The Morgan fingerprint density at radius 2 is 1.94 bits per heavy atom. The lowest BCUT2D eigenvalue weighted by atomic mass is 10.0. The maximum absolute atomic E-state index is 13.4. The standard InChI is InChI=1S/C22H18F3N5O/c23-14-11-18-19(26-12-14)20(29-28-18)27-15-4-5-16-13(10-15)2-1-3-17(16)21(31)30-8-6-22(24,25)7-9-30/h1-5,10-12H,6-9H2,(H2,27,28,29). The highest BCUT2D eigenvalue weighted by Crippen LogP contribution is 2.31. The first-order valence-corrected chi connectivity index (χ1v) is 9.86. The Hall–Kier alpha value is -3.62. The van der Waals surface area contributed by atoms with E-state index in [1.807, 2.05) is 18.2 Å². The fourth-order valence-electron chi connectivity index (χ4n) is 3.86. The predicted octanol–water partition coefficient (Wildman–Crippen LogP) is 4.87. The molecule has 3 heterocycles. The van der Waals surface area contributed by atoms with E-state index >= 15 is 0 Å². The summed E-state index contributed by atoms with van der Waals surface area (Å²) in [4.78, 5) is 18.5. The van der Waals surface area contributed by atoms with Crippen molar-refractivity contribution in [3.05, 3.63) is 60.0 Å². The predicted molar refractivity (Wildman–Crippen MR) is 111 cm³/mol. The van der Waals surface area contributed by atoms with Gasteiger partial charge in [-0.05, 0) is 29.0 Å². The number of aromatic amines is 1. The molecule has 31 heavy (non-hydrogen) atoms. The van der Waals surface area contributed by atoms with Gasteiger partial charge in [-0.3, -0.25) is 9.89 Å². The molecule has 0 atom stereocenters. The van der Waals surface area contributed by atoms with Gasteiger partial charge in [0.1, 0.15) is 11.3 Å². The van der Waals surface area contributed by atoms with Gasteiger partial charge in [-0.25, -0.2) is 18.2 Å². The van der Waals surface area contributed by atoms with Crippen molar-refractivity contribution >= 4 is 39.2 Å². The molecule has 2 aromatic carbocycles. The van der Waals surface area contributed by atoms with Gasteiger partial charge in [-0.15, -0.1) is 0 Å². The van der Waals surface area contributed by atoms with Crippen LogP contribution in [0.1, 0.15) is 23.2 Å². The van der Waals surface area contributed by atoms with Gasteiger partial charge in [0, 0.05) is 43.2 Å². The first kappa shape index (κ1) is 19.3. The van der Waals surface area contributed by atoms with E-state index in [1.165, 1.54) is 11.0 Å². The van der Waals surface area contributed by atoms with Gasteiger partial charge < -0.3 is 10.2 Å². The van der Waals surface area contributed by atoms with E-state index in [2.05, 4.69) is 20.5 Å². The molecule has 0 radical (unpaired) electrons. The lowest BCUT2D eigenvalue weighted by Gasteiger charge is -2.32. The zero-order valence-corrected chi connectivity index (χ0v) is 16.3. The molecule has 158 valence electrons. The molecule has 1 saturated heterocycles. The molecule has 6 nitrogen and oxygen atoms in total. The summed E-state index contributed by atoms with van der Waals surface area (Å²) in [5, 5.41) is 11.6. The second kappa shape index (κ2) is 7.26. The minimum Gasteiger partial charge on any atom is -0.338 e. The van der Waals surface area contributed by atoms with E-state index < -0.39 is 11.7 Å². The maximum Gasteiger partial charge on any atom is 0.254 e. The molecule has 9 heteroatoms. The number of carbonyl (C=O) groups is 1. The third kappa shape index (κ3) is 3.67. The second-order valence-corrected chi connectivity index (χ2v) is 7.64. The number of piperidine rings is 1. The summed E-state index contributed by atoms with van der Waals surface area (Å²) in [7, 11) is 0. The Morgan fingerprint density at radius 3 is 2.74 bits per heavy atom. The van der Waals surface area contributed by atoms with E-state index in [0.29, 0.717) is 28.1 Å². The molecule has 4 aromatic rings. The number of nitrogens with one attached hydrogen (secondary N) is 2. The number of pyridine rings is 1. The number of halogens is 3. The van der Waals surface area contributed by atoms with E-state index in [9.17, 15) is 18.0 Å². The highest BCUT2D eigenvalue weighted by molar-refractivity contribution is 6.07. The highest BCUT2D eigenvalue weighted by atomic mass is 19.3. The number of hydrogen-bond donors (Lipinski definition) is 2. The first-order valence-electron chi connectivity index (χ1n) is 9.86. The maximum atomic E-state index is 13.4. The molecule has 1 fully saturated rings. The Kier molecular flexibility index (Phi) is 4.53. The number of rotatable bonds is 3. The van der Waals surface area contributed by atoms with Crippen LogP contribution in [0.25, 0.3) is 21.8 Å². The zero-order chi connectivity index (χ0) is 21.6. The summed E-state index contributed by atoms with van der Waals surface area (Å²) in [6.45, 7) is 0.0867. The minimum absolute atomic E-state index is 0.0433. The minimum atomic E-state index is -2.70. The third-order valence-corrected chi connectivity index (χ3v) is 5.52. The SMILES string of the molecule is O=C(c1cccc2cc(Nc3n[nH]c4cc(F)cnc34)ccc12)N1CCC(F)(F)CC1. The molecule has 0 unspecified atom stereocenters. The number of benzene rings is 2. The van der Waals surface area contributed by atoms with Gasteiger partial charge in [0.15, 0.2) is 5.82 Å². The second-order valence-electron chi connectivity index (χ2n) is 7.64. The zero-order valence-electron chi connectivity index (χ0n) is 16.3. The third-order valence-electron chi connectivity index (χ3n) is 5.52. The van der Waals surface area contributed by atoms with Gasteiger partial charge in [0.05, 0.1) is 11.7 Å². The Morgan fingerprint density at radius 1 is 1.13 bits per heavy atom.